The molecule has 0 radical (unpaired) electrons. The van der Waals surface area contributed by atoms with Crippen molar-refractivity contribution in [1.82, 2.24) is 4.90 Å². The minimum absolute atomic E-state index is 0.131. The lowest BCUT2D eigenvalue weighted by Gasteiger charge is -2.35. The number of hydrogen-bond acceptors (Lipinski definition) is 4. The zero-order chi connectivity index (χ0) is 20.0. The fraction of sp³-hybridized carbons (Fsp3) is 0.381. The third-order valence-corrected chi connectivity index (χ3v) is 4.47. The fourth-order valence-corrected chi connectivity index (χ4v) is 2.86. The van der Waals surface area contributed by atoms with Crippen LogP contribution < -0.4 is 5.73 Å². The van der Waals surface area contributed by atoms with Crippen LogP contribution in [0.15, 0.2) is 48.5 Å². The molecule has 0 spiro atoms. The maximum Gasteiger partial charge on any atom is 0.410 e. The van der Waals surface area contributed by atoms with E-state index < -0.39 is 17.7 Å². The molecule has 0 aliphatic carbocycles. The van der Waals surface area contributed by atoms with Crippen molar-refractivity contribution in [1.29, 1.82) is 0 Å². The fourth-order valence-electron chi connectivity index (χ4n) is 2.66. The Hall–Kier alpha value is -2.24. The van der Waals surface area contributed by atoms with Crippen molar-refractivity contribution in [2.24, 2.45) is 0 Å². The molecule has 1 atom stereocenters. The lowest BCUT2D eigenvalue weighted by molar-refractivity contribution is 0.0298. The summed E-state index contributed by atoms with van der Waals surface area (Å²) in [5, 5.41) is 10.8. The number of nitrogens with zero attached hydrogens (tertiary/aromatic N) is 1. The van der Waals surface area contributed by atoms with E-state index in [1.54, 1.807) is 29.2 Å². The molecule has 1 amide bonds. The number of rotatable bonds is 6. The molecule has 0 unspecified atom stereocenters. The van der Waals surface area contributed by atoms with Gasteiger partial charge >= 0.3 is 6.09 Å². The van der Waals surface area contributed by atoms with Gasteiger partial charge in [-0.2, -0.15) is 0 Å². The maximum absolute atomic E-state index is 12.6. The lowest BCUT2D eigenvalue weighted by atomic mass is 10.0. The van der Waals surface area contributed by atoms with E-state index >= 15 is 0 Å². The van der Waals surface area contributed by atoms with Gasteiger partial charge in [0.15, 0.2) is 0 Å². The van der Waals surface area contributed by atoms with Crippen molar-refractivity contribution in [2.45, 2.75) is 38.8 Å². The maximum atomic E-state index is 12.6. The molecule has 0 aromatic heterocycles. The Kier molecular flexibility index (Phi) is 7.11. The SMILES string of the molecule is CC(C)(C)N(CCc1ccc(N)cc1)C(=O)OC[C@H](O)c1cccc(Cl)c1. The summed E-state index contributed by atoms with van der Waals surface area (Å²) in [4.78, 5) is 14.3. The molecule has 0 fully saturated rings. The first-order valence-corrected chi connectivity index (χ1v) is 9.27. The van der Waals surface area contributed by atoms with Gasteiger partial charge in [0.2, 0.25) is 0 Å². The molecule has 0 bridgehead atoms. The normalized spacial score (nSPS) is 12.5. The first-order chi connectivity index (χ1) is 12.7. The van der Waals surface area contributed by atoms with E-state index in [2.05, 4.69) is 0 Å². The zero-order valence-corrected chi connectivity index (χ0v) is 16.7. The number of halogens is 1. The monoisotopic (exact) mass is 390 g/mol. The van der Waals surface area contributed by atoms with Crippen molar-refractivity contribution >= 4 is 23.4 Å². The standard InChI is InChI=1S/C21H27ClN2O3/c1-21(2,3)24(12-11-15-7-9-18(23)10-8-15)20(26)27-14-19(25)16-5-4-6-17(22)13-16/h4-10,13,19,25H,11-12,14,23H2,1-3H3/t19-/m0/s1. The van der Waals surface area contributed by atoms with Crippen LogP contribution in [-0.4, -0.2) is 34.8 Å². The average Bonchev–Trinajstić information content (AvgIpc) is 2.60. The average molecular weight is 391 g/mol. The summed E-state index contributed by atoms with van der Waals surface area (Å²) in [6.07, 6.45) is -0.700. The Morgan fingerprint density at radius 2 is 1.89 bits per heavy atom. The molecule has 0 saturated carbocycles. The van der Waals surface area contributed by atoms with Gasteiger partial charge < -0.3 is 20.5 Å². The van der Waals surface area contributed by atoms with Crippen LogP contribution in [-0.2, 0) is 11.2 Å². The highest BCUT2D eigenvalue weighted by molar-refractivity contribution is 6.30. The van der Waals surface area contributed by atoms with Gasteiger partial charge in [-0.15, -0.1) is 0 Å². The molecule has 5 nitrogen and oxygen atoms in total. The number of nitrogens with two attached hydrogens (primary N) is 1. The molecule has 0 aliphatic heterocycles. The number of carbonyl (C=O) groups is 1. The Labute approximate surface area is 165 Å². The van der Waals surface area contributed by atoms with E-state index in [1.165, 1.54) is 0 Å². The number of anilines is 1. The van der Waals surface area contributed by atoms with Gasteiger partial charge in [-0.05, 0) is 62.6 Å². The van der Waals surface area contributed by atoms with Crippen LogP contribution in [0, 0.1) is 0 Å². The second kappa shape index (κ2) is 9.11. The van der Waals surface area contributed by atoms with Crippen molar-refractivity contribution in [3.05, 3.63) is 64.7 Å². The Morgan fingerprint density at radius 3 is 2.48 bits per heavy atom. The number of hydrogen-bond donors (Lipinski definition) is 2. The molecular weight excluding hydrogens is 364 g/mol. The highest BCUT2D eigenvalue weighted by Gasteiger charge is 2.28. The topological polar surface area (TPSA) is 75.8 Å². The van der Waals surface area contributed by atoms with E-state index in [0.29, 0.717) is 29.2 Å². The highest BCUT2D eigenvalue weighted by atomic mass is 35.5. The molecule has 3 N–H and O–H groups in total. The lowest BCUT2D eigenvalue weighted by Crippen LogP contribution is -2.47. The quantitative estimate of drug-likeness (QED) is 0.715. The van der Waals surface area contributed by atoms with Gasteiger partial charge in [0.25, 0.3) is 0 Å². The molecule has 27 heavy (non-hydrogen) atoms. The third kappa shape index (κ3) is 6.45. The molecule has 2 aromatic rings. The van der Waals surface area contributed by atoms with Gasteiger partial charge in [0.1, 0.15) is 12.7 Å². The van der Waals surface area contributed by atoms with Crippen LogP contribution >= 0.6 is 11.6 Å². The minimum atomic E-state index is -0.924. The Balaban J connectivity index is 1.96. The minimum Gasteiger partial charge on any atom is -0.446 e. The summed E-state index contributed by atoms with van der Waals surface area (Å²) in [6, 6.07) is 14.5. The zero-order valence-electron chi connectivity index (χ0n) is 16.0. The molecule has 2 rings (SSSR count). The van der Waals surface area contributed by atoms with Crippen molar-refractivity contribution in [3.8, 4) is 0 Å². The van der Waals surface area contributed by atoms with Crippen LogP contribution in [0.1, 0.15) is 38.0 Å². The number of aliphatic hydroxyl groups is 1. The van der Waals surface area contributed by atoms with Crippen LogP contribution in [0.3, 0.4) is 0 Å². The van der Waals surface area contributed by atoms with Crippen molar-refractivity contribution in [2.75, 3.05) is 18.9 Å². The number of ether oxygens (including phenoxy) is 1. The molecule has 0 saturated heterocycles. The first kappa shape index (κ1) is 21.1. The Bertz CT molecular complexity index is 757. The van der Waals surface area contributed by atoms with Gasteiger partial charge in [-0.1, -0.05) is 35.9 Å². The third-order valence-electron chi connectivity index (χ3n) is 4.23. The number of nitrogen functional groups attached to an aromatic ring is 1. The molecule has 6 heteroatoms. The number of amides is 1. The van der Waals surface area contributed by atoms with Crippen molar-refractivity contribution < 1.29 is 14.6 Å². The van der Waals surface area contributed by atoms with Crippen LogP contribution in [0.25, 0.3) is 0 Å². The van der Waals surface area contributed by atoms with Crippen LogP contribution in [0.2, 0.25) is 5.02 Å². The molecule has 0 heterocycles. The Morgan fingerprint density at radius 1 is 1.22 bits per heavy atom. The summed E-state index contributed by atoms with van der Waals surface area (Å²) < 4.78 is 5.37. The summed E-state index contributed by atoms with van der Waals surface area (Å²) in [6.45, 7) is 6.22. The van der Waals surface area contributed by atoms with E-state index in [9.17, 15) is 9.90 Å². The first-order valence-electron chi connectivity index (χ1n) is 8.89. The highest BCUT2D eigenvalue weighted by Crippen LogP contribution is 2.20. The second-order valence-corrected chi connectivity index (χ2v) is 7.90. The van der Waals surface area contributed by atoms with Crippen LogP contribution in [0.4, 0.5) is 10.5 Å². The number of carbonyl (C=O) groups excluding carboxylic acids is 1. The molecule has 146 valence electrons. The van der Waals surface area contributed by atoms with E-state index in [-0.39, 0.29) is 6.61 Å². The predicted octanol–water partition coefficient (Wildman–Crippen LogP) is 4.44. The summed E-state index contributed by atoms with van der Waals surface area (Å²) in [5.74, 6) is 0. The molecule has 0 aliphatic rings. The second-order valence-electron chi connectivity index (χ2n) is 7.46. The largest absolute Gasteiger partial charge is 0.446 e. The van der Waals surface area contributed by atoms with E-state index in [4.69, 9.17) is 22.1 Å². The van der Waals surface area contributed by atoms with Gasteiger partial charge in [-0.3, -0.25) is 0 Å². The molecular formula is C21H27ClN2O3. The summed E-state index contributed by atoms with van der Waals surface area (Å²) in [7, 11) is 0. The number of aliphatic hydroxyl groups excluding tert-OH is 1. The van der Waals surface area contributed by atoms with E-state index in [0.717, 1.165) is 5.56 Å². The van der Waals surface area contributed by atoms with Crippen LogP contribution in [0.5, 0.6) is 0 Å². The smallest absolute Gasteiger partial charge is 0.410 e. The number of benzene rings is 2. The van der Waals surface area contributed by atoms with Gasteiger partial charge in [0, 0.05) is 22.8 Å². The predicted molar refractivity (Wildman–Crippen MR) is 109 cm³/mol. The molecule has 2 aromatic carbocycles. The van der Waals surface area contributed by atoms with Gasteiger partial charge in [0.05, 0.1) is 0 Å². The summed E-state index contributed by atoms with van der Waals surface area (Å²) in [5.41, 5.74) is 7.71. The van der Waals surface area contributed by atoms with Crippen molar-refractivity contribution in [3.63, 3.8) is 0 Å². The van der Waals surface area contributed by atoms with E-state index in [1.807, 2.05) is 45.0 Å². The summed E-state index contributed by atoms with van der Waals surface area (Å²) >= 11 is 5.94. The van der Waals surface area contributed by atoms with Gasteiger partial charge in [-0.25, -0.2) is 4.79 Å².